The molecule has 5 nitrogen and oxygen atoms in total. The normalized spacial score (nSPS) is 32.2. The molecule has 0 aromatic rings. The van der Waals surface area contributed by atoms with Gasteiger partial charge in [0.05, 0.1) is 18.8 Å². The van der Waals surface area contributed by atoms with Crippen LogP contribution in [0.3, 0.4) is 0 Å². The van der Waals surface area contributed by atoms with Crippen molar-refractivity contribution in [2.24, 2.45) is 5.92 Å². The summed E-state index contributed by atoms with van der Waals surface area (Å²) >= 11 is 0. The molecule has 2 fully saturated rings. The number of nitrogens with one attached hydrogen (secondary N) is 1. The highest BCUT2D eigenvalue weighted by Gasteiger charge is 2.24. The van der Waals surface area contributed by atoms with Gasteiger partial charge >= 0.3 is 0 Å². The van der Waals surface area contributed by atoms with Gasteiger partial charge in [-0.3, -0.25) is 4.79 Å². The van der Waals surface area contributed by atoms with Crippen LogP contribution < -0.4 is 5.32 Å². The Bertz CT molecular complexity index is 337. The number of hydrogen-bond donors (Lipinski definition) is 2. The van der Waals surface area contributed by atoms with Crippen molar-refractivity contribution in [2.75, 3.05) is 26.7 Å². The van der Waals surface area contributed by atoms with Crippen LogP contribution in [-0.4, -0.2) is 60.9 Å². The largest absolute Gasteiger partial charge is 0.389 e. The zero-order valence-electron chi connectivity index (χ0n) is 13.4. The number of likely N-dealkylation sites (N-methyl/N-ethyl adjacent to an activating group) is 1. The molecule has 1 heterocycles. The van der Waals surface area contributed by atoms with Gasteiger partial charge < -0.3 is 20.1 Å². The fraction of sp³-hybridized carbons (Fsp3) is 0.938. The summed E-state index contributed by atoms with van der Waals surface area (Å²) in [4.78, 5) is 13.2. The lowest BCUT2D eigenvalue weighted by molar-refractivity contribution is -0.132. The van der Waals surface area contributed by atoms with Crippen molar-refractivity contribution in [3.63, 3.8) is 0 Å². The quantitative estimate of drug-likeness (QED) is 0.772. The van der Waals surface area contributed by atoms with Gasteiger partial charge in [-0.2, -0.15) is 0 Å². The van der Waals surface area contributed by atoms with Gasteiger partial charge in [-0.05, 0) is 25.2 Å². The van der Waals surface area contributed by atoms with Crippen LogP contribution in [-0.2, 0) is 9.53 Å². The maximum Gasteiger partial charge on any atom is 0.222 e. The van der Waals surface area contributed by atoms with E-state index in [1.807, 2.05) is 7.05 Å². The maximum atomic E-state index is 11.4. The summed E-state index contributed by atoms with van der Waals surface area (Å²) in [5, 5.41) is 13.4. The standard InChI is InChI=1S/C16H30N2O3/c1-12-5-3-4-6-15(12)21-11-14(19)9-17-13-7-8-16(20)18(2)10-13/h12-15,17,19H,3-11H2,1-2H3. The van der Waals surface area contributed by atoms with Crippen molar-refractivity contribution in [3.05, 3.63) is 0 Å². The molecule has 0 aromatic carbocycles. The van der Waals surface area contributed by atoms with Crippen LogP contribution in [0.2, 0.25) is 0 Å². The Morgan fingerprint density at radius 1 is 1.38 bits per heavy atom. The van der Waals surface area contributed by atoms with Crippen molar-refractivity contribution < 1.29 is 14.6 Å². The fourth-order valence-corrected chi connectivity index (χ4v) is 3.31. The van der Waals surface area contributed by atoms with Gasteiger partial charge in [0.1, 0.15) is 0 Å². The lowest BCUT2D eigenvalue weighted by Gasteiger charge is -2.32. The second-order valence-electron chi connectivity index (χ2n) is 6.71. The zero-order chi connectivity index (χ0) is 15.2. The van der Waals surface area contributed by atoms with E-state index in [4.69, 9.17) is 4.74 Å². The summed E-state index contributed by atoms with van der Waals surface area (Å²) in [5.41, 5.74) is 0. The molecule has 2 N–H and O–H groups in total. The molecule has 122 valence electrons. The fourth-order valence-electron chi connectivity index (χ4n) is 3.31. The third-order valence-corrected chi connectivity index (χ3v) is 4.80. The van der Waals surface area contributed by atoms with Crippen LogP contribution in [0.15, 0.2) is 0 Å². The molecule has 0 aromatic heterocycles. The van der Waals surface area contributed by atoms with E-state index in [9.17, 15) is 9.90 Å². The molecule has 21 heavy (non-hydrogen) atoms. The highest BCUT2D eigenvalue weighted by atomic mass is 16.5. The average molecular weight is 298 g/mol. The van der Waals surface area contributed by atoms with E-state index in [1.54, 1.807) is 4.90 Å². The summed E-state index contributed by atoms with van der Waals surface area (Å²) in [6, 6.07) is 0.288. The zero-order valence-corrected chi connectivity index (χ0v) is 13.4. The third kappa shape index (κ3) is 5.24. The monoisotopic (exact) mass is 298 g/mol. The number of ether oxygens (including phenoxy) is 1. The van der Waals surface area contributed by atoms with Crippen molar-refractivity contribution in [3.8, 4) is 0 Å². The molecular weight excluding hydrogens is 268 g/mol. The summed E-state index contributed by atoms with van der Waals surface area (Å²) in [7, 11) is 1.83. The number of aliphatic hydroxyl groups excluding tert-OH is 1. The Balaban J connectivity index is 1.61. The molecule has 2 aliphatic rings. The number of piperidine rings is 1. The molecular formula is C16H30N2O3. The van der Waals surface area contributed by atoms with Gasteiger partial charge in [0, 0.05) is 32.6 Å². The van der Waals surface area contributed by atoms with Gasteiger partial charge in [0.25, 0.3) is 0 Å². The van der Waals surface area contributed by atoms with E-state index in [1.165, 1.54) is 19.3 Å². The second-order valence-corrected chi connectivity index (χ2v) is 6.71. The summed E-state index contributed by atoms with van der Waals surface area (Å²) in [6.07, 6.45) is 6.20. The number of rotatable bonds is 6. The van der Waals surface area contributed by atoms with Gasteiger partial charge in [0.2, 0.25) is 5.91 Å². The number of nitrogens with zero attached hydrogens (tertiary/aromatic N) is 1. The predicted octanol–water partition coefficient (Wildman–Crippen LogP) is 1.15. The Morgan fingerprint density at radius 3 is 2.86 bits per heavy atom. The van der Waals surface area contributed by atoms with Crippen LogP contribution in [0.1, 0.15) is 45.4 Å². The van der Waals surface area contributed by atoms with Crippen LogP contribution in [0.4, 0.5) is 0 Å². The molecule has 2 rings (SSSR count). The molecule has 4 atom stereocenters. The van der Waals surface area contributed by atoms with E-state index >= 15 is 0 Å². The molecule has 1 aliphatic carbocycles. The molecule has 1 saturated heterocycles. The Hall–Kier alpha value is -0.650. The molecule has 1 amide bonds. The van der Waals surface area contributed by atoms with Gasteiger partial charge in [-0.15, -0.1) is 0 Å². The highest BCUT2D eigenvalue weighted by molar-refractivity contribution is 5.76. The lowest BCUT2D eigenvalue weighted by atomic mass is 9.88. The first-order valence-electron chi connectivity index (χ1n) is 8.33. The first-order chi connectivity index (χ1) is 10.1. The number of carbonyl (C=O) groups is 1. The maximum absolute atomic E-state index is 11.4. The van der Waals surface area contributed by atoms with Crippen LogP contribution in [0, 0.1) is 5.92 Å². The third-order valence-electron chi connectivity index (χ3n) is 4.80. The van der Waals surface area contributed by atoms with Crippen molar-refractivity contribution in [2.45, 2.75) is 63.7 Å². The van der Waals surface area contributed by atoms with Crippen LogP contribution >= 0.6 is 0 Å². The molecule has 0 spiro atoms. The van der Waals surface area contributed by atoms with Crippen LogP contribution in [0.25, 0.3) is 0 Å². The number of hydrogen-bond acceptors (Lipinski definition) is 4. The first kappa shape index (κ1) is 16.7. The first-order valence-corrected chi connectivity index (χ1v) is 8.33. The number of carbonyl (C=O) groups excluding carboxylic acids is 1. The summed E-state index contributed by atoms with van der Waals surface area (Å²) < 4.78 is 5.88. The van der Waals surface area contributed by atoms with E-state index < -0.39 is 6.10 Å². The van der Waals surface area contributed by atoms with E-state index in [0.29, 0.717) is 31.6 Å². The highest BCUT2D eigenvalue weighted by Crippen LogP contribution is 2.26. The number of amides is 1. The second kappa shape index (κ2) is 8.11. The molecule has 5 heteroatoms. The molecule has 1 aliphatic heterocycles. The minimum absolute atomic E-state index is 0.211. The van der Waals surface area contributed by atoms with E-state index in [-0.39, 0.29) is 11.9 Å². The molecule has 1 saturated carbocycles. The molecule has 0 radical (unpaired) electrons. The minimum Gasteiger partial charge on any atom is -0.389 e. The van der Waals surface area contributed by atoms with Crippen molar-refractivity contribution in [1.82, 2.24) is 10.2 Å². The Kier molecular flexibility index (Phi) is 6.45. The van der Waals surface area contributed by atoms with E-state index in [0.717, 1.165) is 19.4 Å². The number of likely N-dealkylation sites (tertiary alicyclic amines) is 1. The van der Waals surface area contributed by atoms with Gasteiger partial charge in [-0.25, -0.2) is 0 Å². The van der Waals surface area contributed by atoms with E-state index in [2.05, 4.69) is 12.2 Å². The summed E-state index contributed by atoms with van der Waals surface area (Å²) in [6.45, 7) is 3.91. The average Bonchev–Trinajstić information content (AvgIpc) is 2.47. The van der Waals surface area contributed by atoms with Gasteiger partial charge in [0.15, 0.2) is 0 Å². The van der Waals surface area contributed by atoms with Crippen molar-refractivity contribution in [1.29, 1.82) is 0 Å². The SMILES string of the molecule is CC1CCCCC1OCC(O)CNC1CCC(=O)N(C)C1. The Labute approximate surface area is 128 Å². The topological polar surface area (TPSA) is 61.8 Å². The smallest absolute Gasteiger partial charge is 0.222 e. The molecule has 4 unspecified atom stereocenters. The molecule has 0 bridgehead atoms. The van der Waals surface area contributed by atoms with Crippen molar-refractivity contribution >= 4 is 5.91 Å². The number of aliphatic hydroxyl groups is 1. The van der Waals surface area contributed by atoms with Crippen LogP contribution in [0.5, 0.6) is 0 Å². The minimum atomic E-state index is -0.470. The lowest BCUT2D eigenvalue weighted by Crippen LogP contribution is -2.48. The Morgan fingerprint density at radius 2 is 2.14 bits per heavy atom. The summed E-state index contributed by atoms with van der Waals surface area (Å²) in [5.74, 6) is 0.820. The predicted molar refractivity (Wildman–Crippen MR) is 82.0 cm³/mol. The van der Waals surface area contributed by atoms with Gasteiger partial charge in [-0.1, -0.05) is 19.8 Å².